The molecular formula is C29H23Cl2NO5. The number of allylic oxidation sites excluding steroid dienone is 2. The number of ether oxygens (including phenoxy) is 3. The monoisotopic (exact) mass is 535 g/mol. The van der Waals surface area contributed by atoms with Crippen molar-refractivity contribution in [2.45, 2.75) is 19.4 Å². The summed E-state index contributed by atoms with van der Waals surface area (Å²) in [7, 11) is 2.83. The molecule has 0 aromatic heterocycles. The molecular weight excluding hydrogens is 513 g/mol. The highest BCUT2D eigenvalue weighted by Gasteiger charge is 2.43. The van der Waals surface area contributed by atoms with Crippen molar-refractivity contribution in [3.8, 4) is 11.5 Å². The second-order valence-electron chi connectivity index (χ2n) is 8.70. The number of carbonyl (C=O) groups excluding carboxylic acids is 2. The third-order valence-corrected chi connectivity index (χ3v) is 7.07. The Kier molecular flexibility index (Phi) is 6.71. The lowest BCUT2D eigenvalue weighted by atomic mass is 9.79. The molecule has 8 heteroatoms. The molecule has 1 aliphatic carbocycles. The molecule has 1 atom stereocenters. The predicted octanol–water partition coefficient (Wildman–Crippen LogP) is 6.32. The Morgan fingerprint density at radius 3 is 2.38 bits per heavy atom. The van der Waals surface area contributed by atoms with Gasteiger partial charge in [-0.2, -0.15) is 0 Å². The molecule has 0 bridgehead atoms. The highest BCUT2D eigenvalue weighted by atomic mass is 35.5. The van der Waals surface area contributed by atoms with Gasteiger partial charge in [-0.15, -0.1) is 0 Å². The van der Waals surface area contributed by atoms with Crippen LogP contribution in [0.1, 0.15) is 39.9 Å². The summed E-state index contributed by atoms with van der Waals surface area (Å²) in [6, 6.07) is 18.1. The second-order valence-corrected chi connectivity index (χ2v) is 9.54. The predicted molar refractivity (Wildman–Crippen MR) is 142 cm³/mol. The maximum Gasteiger partial charge on any atom is 0.336 e. The van der Waals surface area contributed by atoms with Gasteiger partial charge in [-0.3, -0.25) is 4.79 Å². The van der Waals surface area contributed by atoms with E-state index in [1.807, 2.05) is 30.3 Å². The first kappa shape index (κ1) is 24.9. The van der Waals surface area contributed by atoms with Crippen LogP contribution < -0.4 is 14.8 Å². The van der Waals surface area contributed by atoms with Crippen LogP contribution in [0.2, 0.25) is 10.0 Å². The lowest BCUT2D eigenvalue weighted by Gasteiger charge is -2.29. The molecule has 6 nitrogen and oxygen atoms in total. The number of ketones is 1. The fraction of sp³-hybridized carbons (Fsp3) is 0.172. The molecule has 1 N–H and O–H groups in total. The van der Waals surface area contributed by atoms with Crippen LogP contribution in [0.3, 0.4) is 0 Å². The molecule has 0 radical (unpaired) electrons. The Morgan fingerprint density at radius 2 is 1.70 bits per heavy atom. The second kappa shape index (κ2) is 9.96. The summed E-state index contributed by atoms with van der Waals surface area (Å²) in [4.78, 5) is 26.6. The molecule has 5 rings (SSSR count). The number of nitrogens with one attached hydrogen (secondary N) is 1. The zero-order valence-electron chi connectivity index (χ0n) is 20.4. The van der Waals surface area contributed by atoms with Gasteiger partial charge in [0.05, 0.1) is 30.5 Å². The van der Waals surface area contributed by atoms with E-state index in [4.69, 9.17) is 37.4 Å². The van der Waals surface area contributed by atoms with Crippen molar-refractivity contribution in [2.24, 2.45) is 0 Å². The Bertz CT molecular complexity index is 1490. The maximum absolute atomic E-state index is 13.6. The lowest BCUT2D eigenvalue weighted by Crippen LogP contribution is -2.29. The number of carbonyl (C=O) groups is 2. The SMILES string of the molecule is COC(=O)C1=C(C)NC2=C(C(=O)c3ccccc32)[C@@H]1c1cc(Cl)c(OCc2ccc(Cl)cc2)c(OC)c1. The van der Waals surface area contributed by atoms with Crippen LogP contribution >= 0.6 is 23.2 Å². The van der Waals surface area contributed by atoms with E-state index in [1.54, 1.807) is 37.3 Å². The fourth-order valence-corrected chi connectivity index (χ4v) is 5.23. The number of hydrogen-bond acceptors (Lipinski definition) is 6. The van der Waals surface area contributed by atoms with E-state index < -0.39 is 11.9 Å². The van der Waals surface area contributed by atoms with Crippen LogP contribution in [-0.4, -0.2) is 26.0 Å². The van der Waals surface area contributed by atoms with Crippen LogP contribution in [0.15, 0.2) is 77.5 Å². The van der Waals surface area contributed by atoms with Crippen molar-refractivity contribution < 1.29 is 23.8 Å². The van der Waals surface area contributed by atoms with Gasteiger partial charge in [0.2, 0.25) is 0 Å². The fourth-order valence-electron chi connectivity index (χ4n) is 4.83. The molecule has 1 aliphatic heterocycles. The first-order valence-corrected chi connectivity index (χ1v) is 12.3. The molecule has 0 saturated carbocycles. The Hall–Kier alpha value is -3.74. The average molecular weight is 536 g/mol. The van der Waals surface area contributed by atoms with Gasteiger partial charge in [0.25, 0.3) is 0 Å². The summed E-state index contributed by atoms with van der Waals surface area (Å²) in [6.45, 7) is 2.03. The van der Waals surface area contributed by atoms with Gasteiger partial charge in [0, 0.05) is 33.3 Å². The minimum absolute atomic E-state index is 0.157. The topological polar surface area (TPSA) is 73.9 Å². The number of halogens is 2. The van der Waals surface area contributed by atoms with Crippen molar-refractivity contribution in [1.82, 2.24) is 5.32 Å². The molecule has 0 unspecified atom stereocenters. The Balaban J connectivity index is 1.60. The van der Waals surface area contributed by atoms with Gasteiger partial charge in [0.1, 0.15) is 6.61 Å². The number of hydrogen-bond donors (Lipinski definition) is 1. The molecule has 0 fully saturated rings. The normalized spacial score (nSPS) is 16.2. The third kappa shape index (κ3) is 4.37. The number of methoxy groups -OCH3 is 2. The molecule has 188 valence electrons. The van der Waals surface area contributed by atoms with Crippen molar-refractivity contribution in [1.29, 1.82) is 0 Å². The number of benzene rings is 3. The minimum Gasteiger partial charge on any atom is -0.493 e. The summed E-state index contributed by atoms with van der Waals surface area (Å²) in [5.41, 5.74) is 4.93. The van der Waals surface area contributed by atoms with Gasteiger partial charge >= 0.3 is 5.97 Å². The van der Waals surface area contributed by atoms with Crippen LogP contribution in [0.4, 0.5) is 0 Å². The number of esters is 1. The van der Waals surface area contributed by atoms with Crippen LogP contribution in [0.5, 0.6) is 11.5 Å². The zero-order valence-corrected chi connectivity index (χ0v) is 21.9. The van der Waals surface area contributed by atoms with Crippen molar-refractivity contribution in [3.63, 3.8) is 0 Å². The smallest absolute Gasteiger partial charge is 0.336 e. The number of rotatable bonds is 6. The summed E-state index contributed by atoms with van der Waals surface area (Å²) in [5, 5.41) is 4.18. The van der Waals surface area contributed by atoms with E-state index in [2.05, 4.69) is 5.32 Å². The standard InChI is InChI=1S/C29H23Cl2NO5/c1-15-23(29(34)36-3)24(25-26(32-15)19-6-4-5-7-20(19)27(25)33)17-12-21(31)28(22(13-17)35-2)37-14-16-8-10-18(30)11-9-16/h4-13,24,32H,14H2,1-3H3/t24-/m1/s1. The summed E-state index contributed by atoms with van der Waals surface area (Å²) < 4.78 is 16.8. The van der Waals surface area contributed by atoms with Crippen LogP contribution in [0.25, 0.3) is 5.70 Å². The zero-order chi connectivity index (χ0) is 26.3. The first-order valence-electron chi connectivity index (χ1n) is 11.5. The summed E-state index contributed by atoms with van der Waals surface area (Å²) >= 11 is 12.7. The largest absolute Gasteiger partial charge is 0.493 e. The van der Waals surface area contributed by atoms with Crippen LogP contribution in [0, 0.1) is 0 Å². The quantitative estimate of drug-likeness (QED) is 0.372. The van der Waals surface area contributed by atoms with Crippen molar-refractivity contribution in [3.05, 3.63) is 110 Å². The summed E-state index contributed by atoms with van der Waals surface area (Å²) in [5.74, 6) is -0.687. The van der Waals surface area contributed by atoms with Gasteiger partial charge < -0.3 is 19.5 Å². The minimum atomic E-state index is -0.722. The van der Waals surface area contributed by atoms with Gasteiger partial charge in [-0.25, -0.2) is 4.79 Å². The number of Topliss-reactive ketones (excluding diaryl/α,β-unsaturated/α-hetero) is 1. The molecule has 0 saturated heterocycles. The van der Waals surface area contributed by atoms with E-state index in [9.17, 15) is 9.59 Å². The van der Waals surface area contributed by atoms with E-state index in [1.165, 1.54) is 14.2 Å². The molecule has 2 aliphatic rings. The number of fused-ring (bicyclic) bond motifs is 2. The first-order chi connectivity index (χ1) is 17.8. The van der Waals surface area contributed by atoms with Gasteiger partial charge in [-0.05, 0) is 42.3 Å². The Morgan fingerprint density at radius 1 is 1.00 bits per heavy atom. The highest BCUT2D eigenvalue weighted by Crippen LogP contribution is 2.49. The van der Waals surface area contributed by atoms with Gasteiger partial charge in [0.15, 0.2) is 17.3 Å². The number of dihydropyridines is 1. The molecule has 1 heterocycles. The molecule has 37 heavy (non-hydrogen) atoms. The molecule has 0 spiro atoms. The highest BCUT2D eigenvalue weighted by molar-refractivity contribution is 6.32. The van der Waals surface area contributed by atoms with E-state index in [-0.39, 0.29) is 17.4 Å². The van der Waals surface area contributed by atoms with E-state index in [0.717, 1.165) is 11.1 Å². The Labute approximate surface area is 224 Å². The lowest BCUT2D eigenvalue weighted by molar-refractivity contribution is -0.136. The third-order valence-electron chi connectivity index (χ3n) is 6.54. The summed E-state index contributed by atoms with van der Waals surface area (Å²) in [6.07, 6.45) is 0. The van der Waals surface area contributed by atoms with Crippen LogP contribution in [-0.2, 0) is 16.1 Å². The molecule has 3 aromatic carbocycles. The van der Waals surface area contributed by atoms with E-state index in [0.29, 0.717) is 50.2 Å². The molecule has 0 amide bonds. The van der Waals surface area contributed by atoms with Gasteiger partial charge in [-0.1, -0.05) is 59.6 Å². The average Bonchev–Trinajstić information content (AvgIpc) is 3.18. The van der Waals surface area contributed by atoms with Crippen molar-refractivity contribution >= 4 is 40.7 Å². The van der Waals surface area contributed by atoms with Crippen molar-refractivity contribution in [2.75, 3.05) is 14.2 Å². The molecule has 3 aromatic rings. The maximum atomic E-state index is 13.6. The van der Waals surface area contributed by atoms with E-state index >= 15 is 0 Å².